The van der Waals surface area contributed by atoms with E-state index in [2.05, 4.69) is 15.3 Å². The molecule has 0 aliphatic rings. The van der Waals surface area contributed by atoms with Crippen molar-refractivity contribution in [3.05, 3.63) is 0 Å². The molecule has 0 aliphatic heterocycles. The molecule has 0 aromatic carbocycles. The Morgan fingerprint density at radius 1 is 1.56 bits per heavy atom. The minimum Gasteiger partial charge on any atom is -0.363 e. The zero-order chi connectivity index (χ0) is 7.28. The Morgan fingerprint density at radius 2 is 2.11 bits per heavy atom. The Hall–Kier alpha value is -0.570. The summed E-state index contributed by atoms with van der Waals surface area (Å²) < 4.78 is 0. The number of halogens is 1. The van der Waals surface area contributed by atoms with Crippen molar-refractivity contribution in [2.75, 3.05) is 14.1 Å². The van der Waals surface area contributed by atoms with Crippen LogP contribution in [0.1, 0.15) is 6.92 Å². The number of rotatable bonds is 0. The van der Waals surface area contributed by atoms with Crippen LogP contribution in [-0.2, 0) is 0 Å². The van der Waals surface area contributed by atoms with E-state index in [1.807, 2.05) is 0 Å². The lowest BCUT2D eigenvalue weighted by Crippen LogP contribution is -2.12. The molecule has 0 atom stereocenters. The van der Waals surface area contributed by atoms with Gasteiger partial charge < -0.3 is 5.32 Å². The van der Waals surface area contributed by atoms with Gasteiger partial charge in [0.25, 0.3) is 0 Å². The molecular weight excluding hydrogens is 138 g/mol. The first kappa shape index (κ1) is 8.43. The van der Waals surface area contributed by atoms with Crippen molar-refractivity contribution < 1.29 is 0 Å². The molecule has 0 fully saturated rings. The summed E-state index contributed by atoms with van der Waals surface area (Å²) in [6.45, 7) is 1.78. The van der Waals surface area contributed by atoms with Crippen molar-refractivity contribution in [2.45, 2.75) is 6.92 Å². The number of hydrogen-bond donors (Lipinski definition) is 1. The molecule has 9 heavy (non-hydrogen) atoms. The van der Waals surface area contributed by atoms with Gasteiger partial charge in [-0.3, -0.25) is 4.99 Å². The molecule has 3 nitrogen and oxygen atoms in total. The first-order valence-corrected chi connectivity index (χ1v) is 2.93. The van der Waals surface area contributed by atoms with Gasteiger partial charge in [-0.05, 0) is 18.5 Å². The third kappa shape index (κ3) is 3.97. The average molecular weight is 148 g/mol. The summed E-state index contributed by atoms with van der Waals surface area (Å²) in [5, 5.41) is 3.02. The molecule has 0 amide bonds. The highest BCUT2D eigenvalue weighted by atomic mass is 35.5. The van der Waals surface area contributed by atoms with E-state index in [9.17, 15) is 0 Å². The zero-order valence-corrected chi connectivity index (χ0v) is 6.53. The van der Waals surface area contributed by atoms with Gasteiger partial charge in [-0.2, -0.15) is 0 Å². The molecule has 52 valence electrons. The third-order valence-corrected chi connectivity index (χ3v) is 1.06. The van der Waals surface area contributed by atoms with Crippen LogP contribution in [0.4, 0.5) is 0 Å². The smallest absolute Gasteiger partial charge is 0.197 e. The summed E-state index contributed by atoms with van der Waals surface area (Å²) >= 11 is 5.50. The number of nitrogens with one attached hydrogen (secondary N) is 1. The molecule has 0 unspecified atom stereocenters. The molecule has 1 N–H and O–H groups in total. The number of aliphatic imine (C=N–C) groups is 2. The van der Waals surface area contributed by atoms with Crippen molar-refractivity contribution in [1.29, 1.82) is 0 Å². The van der Waals surface area contributed by atoms with Gasteiger partial charge in [-0.25, -0.2) is 4.99 Å². The van der Waals surface area contributed by atoms with Gasteiger partial charge in [-0.1, -0.05) is 0 Å². The molecule has 0 bridgehead atoms. The molecule has 0 spiro atoms. The topological polar surface area (TPSA) is 36.8 Å². The third-order valence-electron chi connectivity index (χ3n) is 0.790. The molecule has 0 aromatic rings. The van der Waals surface area contributed by atoms with Gasteiger partial charge in [0.05, 0.1) is 0 Å². The molecule has 0 aromatic heterocycles. The van der Waals surface area contributed by atoms with Crippen LogP contribution in [0.15, 0.2) is 9.98 Å². The largest absolute Gasteiger partial charge is 0.363 e. The van der Waals surface area contributed by atoms with E-state index in [0.29, 0.717) is 11.1 Å². The van der Waals surface area contributed by atoms with E-state index in [4.69, 9.17) is 11.6 Å². The van der Waals surface area contributed by atoms with Gasteiger partial charge in [0.1, 0.15) is 5.84 Å². The fraction of sp³-hybridized carbons (Fsp3) is 0.600. The molecular formula is C5H10ClN3. The fourth-order valence-electron chi connectivity index (χ4n) is 0.248. The Morgan fingerprint density at radius 3 is 2.44 bits per heavy atom. The van der Waals surface area contributed by atoms with Crippen LogP contribution >= 0.6 is 11.6 Å². The number of nitrogens with zero attached hydrogens (tertiary/aromatic N) is 2. The molecule has 0 radical (unpaired) electrons. The van der Waals surface area contributed by atoms with Crippen molar-refractivity contribution in [2.24, 2.45) is 9.98 Å². The van der Waals surface area contributed by atoms with E-state index >= 15 is 0 Å². The normalized spacial score (nSPS) is 13.8. The summed E-state index contributed by atoms with van der Waals surface area (Å²) in [6.07, 6.45) is 0. The average Bonchev–Trinajstić information content (AvgIpc) is 1.87. The van der Waals surface area contributed by atoms with Crippen LogP contribution in [0.2, 0.25) is 0 Å². The van der Waals surface area contributed by atoms with E-state index in [0.717, 1.165) is 0 Å². The number of hydrogen-bond acceptors (Lipinski definition) is 1. The van der Waals surface area contributed by atoms with Crippen molar-refractivity contribution >= 4 is 22.7 Å². The molecule has 0 saturated heterocycles. The monoisotopic (exact) mass is 147 g/mol. The van der Waals surface area contributed by atoms with Crippen LogP contribution in [0, 0.1) is 0 Å². The molecule has 0 rings (SSSR count). The highest BCUT2D eigenvalue weighted by molar-refractivity contribution is 6.65. The summed E-state index contributed by atoms with van der Waals surface area (Å²) in [6, 6.07) is 0. The maximum Gasteiger partial charge on any atom is 0.197 e. The van der Waals surface area contributed by atoms with E-state index in [1.165, 1.54) is 0 Å². The van der Waals surface area contributed by atoms with E-state index < -0.39 is 0 Å². The van der Waals surface area contributed by atoms with Gasteiger partial charge in [0, 0.05) is 14.1 Å². The highest BCUT2D eigenvalue weighted by Gasteiger charge is 1.86. The van der Waals surface area contributed by atoms with Crippen LogP contribution < -0.4 is 5.32 Å². The van der Waals surface area contributed by atoms with Crippen LogP contribution in [0.25, 0.3) is 0 Å². The van der Waals surface area contributed by atoms with Crippen LogP contribution in [0.5, 0.6) is 0 Å². The van der Waals surface area contributed by atoms with E-state index in [1.54, 1.807) is 21.0 Å². The summed E-state index contributed by atoms with van der Waals surface area (Å²) in [4.78, 5) is 7.62. The Kier molecular flexibility index (Phi) is 4.05. The van der Waals surface area contributed by atoms with Gasteiger partial charge >= 0.3 is 0 Å². The van der Waals surface area contributed by atoms with Gasteiger partial charge in [0.15, 0.2) is 5.29 Å². The maximum atomic E-state index is 5.50. The van der Waals surface area contributed by atoms with Gasteiger partial charge in [-0.15, -0.1) is 0 Å². The van der Waals surface area contributed by atoms with Crippen molar-refractivity contribution in [1.82, 2.24) is 5.32 Å². The predicted octanol–water partition coefficient (Wildman–Crippen LogP) is 0.849. The van der Waals surface area contributed by atoms with Crippen molar-refractivity contribution in [3.8, 4) is 0 Å². The maximum absolute atomic E-state index is 5.50. The molecule has 0 heterocycles. The zero-order valence-electron chi connectivity index (χ0n) is 5.77. The number of amidine groups is 2. The summed E-state index contributed by atoms with van der Waals surface area (Å²) in [5.74, 6) is 0.661. The lowest BCUT2D eigenvalue weighted by molar-refractivity contribution is 1.19. The van der Waals surface area contributed by atoms with Crippen LogP contribution in [-0.4, -0.2) is 25.2 Å². The second kappa shape index (κ2) is 4.32. The second-order valence-corrected chi connectivity index (χ2v) is 1.78. The van der Waals surface area contributed by atoms with E-state index in [-0.39, 0.29) is 0 Å². The molecule has 0 saturated carbocycles. The predicted molar refractivity (Wildman–Crippen MR) is 41.4 cm³/mol. The lowest BCUT2D eigenvalue weighted by atomic mass is 10.7. The molecule has 4 heteroatoms. The lowest BCUT2D eigenvalue weighted by Gasteiger charge is -1.92. The minimum atomic E-state index is 0.359. The SMILES string of the molecule is C/N=C(C)/N=C(/Cl)NC. The van der Waals surface area contributed by atoms with Crippen LogP contribution in [0.3, 0.4) is 0 Å². The minimum absolute atomic E-state index is 0.359. The second-order valence-electron chi connectivity index (χ2n) is 1.42. The van der Waals surface area contributed by atoms with Crippen molar-refractivity contribution in [3.63, 3.8) is 0 Å². The summed E-state index contributed by atoms with van der Waals surface area (Å²) in [7, 11) is 3.37. The first-order chi connectivity index (χ1) is 4.20. The Bertz CT molecular complexity index is 139. The Labute approximate surface area is 59.8 Å². The standard InChI is InChI=1S/C5H10ClN3/c1-4(7-2)9-5(6)8-3/h1-3H3,(H,7,8,9). The molecule has 0 aliphatic carbocycles. The summed E-state index contributed by atoms with van der Waals surface area (Å²) in [5.41, 5.74) is 0. The fourth-order valence-corrected chi connectivity index (χ4v) is 0.370. The quantitative estimate of drug-likeness (QED) is 0.308. The Balaban J connectivity index is 3.95. The first-order valence-electron chi connectivity index (χ1n) is 2.56. The van der Waals surface area contributed by atoms with Gasteiger partial charge in [0.2, 0.25) is 0 Å². The highest BCUT2D eigenvalue weighted by Crippen LogP contribution is 1.82.